The number of ether oxygens (including phenoxy) is 2. The second-order valence-electron chi connectivity index (χ2n) is 4.56. The summed E-state index contributed by atoms with van der Waals surface area (Å²) in [5, 5.41) is 0. The molecule has 1 aliphatic carbocycles. The van der Waals surface area contributed by atoms with Gasteiger partial charge in [-0.2, -0.15) is 0 Å². The smallest absolute Gasteiger partial charge is 0.341 e. The zero-order valence-corrected chi connectivity index (χ0v) is 10.6. The molecule has 0 aliphatic heterocycles. The quantitative estimate of drug-likeness (QED) is 0.622. The van der Waals surface area contributed by atoms with Crippen LogP contribution in [0.5, 0.6) is 5.75 Å². The lowest BCUT2D eigenvalue weighted by atomic mass is 10.2. The molecule has 0 aromatic heterocycles. The number of carbonyl (C=O) groups excluding carboxylic acids is 1. The predicted molar refractivity (Wildman–Crippen MR) is 69.6 cm³/mol. The van der Waals surface area contributed by atoms with Gasteiger partial charge in [0.15, 0.2) is 0 Å². The van der Waals surface area contributed by atoms with Crippen molar-refractivity contribution in [3.8, 4) is 5.75 Å². The molecule has 2 N–H and O–H groups in total. The average Bonchev–Trinajstić information content (AvgIpc) is 3.15. The zero-order chi connectivity index (χ0) is 13.0. The van der Waals surface area contributed by atoms with E-state index < -0.39 is 0 Å². The molecule has 4 heteroatoms. The van der Waals surface area contributed by atoms with Gasteiger partial charge in [-0.25, -0.2) is 4.79 Å². The highest BCUT2D eigenvalue weighted by atomic mass is 16.5. The van der Waals surface area contributed by atoms with Crippen molar-refractivity contribution in [1.82, 2.24) is 0 Å². The fourth-order valence-corrected chi connectivity index (χ4v) is 1.78. The third kappa shape index (κ3) is 3.39. The van der Waals surface area contributed by atoms with E-state index in [0.717, 1.165) is 12.3 Å². The molecule has 1 aliphatic rings. The van der Waals surface area contributed by atoms with Crippen LogP contribution >= 0.6 is 0 Å². The first-order valence-corrected chi connectivity index (χ1v) is 6.40. The minimum Gasteiger partial charge on any atom is -0.493 e. The van der Waals surface area contributed by atoms with E-state index in [1.54, 1.807) is 25.1 Å². The molecule has 18 heavy (non-hydrogen) atoms. The summed E-state index contributed by atoms with van der Waals surface area (Å²) in [5.74, 6) is 0.986. The predicted octanol–water partition coefficient (Wildman–Crippen LogP) is 2.62. The van der Waals surface area contributed by atoms with Crippen molar-refractivity contribution in [2.45, 2.75) is 26.2 Å². The molecule has 1 fully saturated rings. The number of carbonyl (C=O) groups is 1. The fourth-order valence-electron chi connectivity index (χ4n) is 1.78. The Bertz CT molecular complexity index is 427. The molecule has 98 valence electrons. The summed E-state index contributed by atoms with van der Waals surface area (Å²) in [4.78, 5) is 11.8. The summed E-state index contributed by atoms with van der Waals surface area (Å²) in [7, 11) is 0. The molecule has 4 nitrogen and oxygen atoms in total. The van der Waals surface area contributed by atoms with Crippen molar-refractivity contribution in [3.05, 3.63) is 23.8 Å². The highest BCUT2D eigenvalue weighted by Gasteiger charge is 2.21. The molecule has 0 saturated heterocycles. The maximum Gasteiger partial charge on any atom is 0.341 e. The van der Waals surface area contributed by atoms with Crippen LogP contribution in [0.2, 0.25) is 0 Å². The van der Waals surface area contributed by atoms with Crippen molar-refractivity contribution in [2.75, 3.05) is 18.9 Å². The molecule has 0 unspecified atom stereocenters. The Morgan fingerprint density at radius 2 is 2.22 bits per heavy atom. The number of anilines is 1. The first kappa shape index (κ1) is 12.7. The number of nitrogen functional groups attached to an aromatic ring is 1. The molecule has 1 saturated carbocycles. The van der Waals surface area contributed by atoms with Gasteiger partial charge in [-0.1, -0.05) is 12.8 Å². The van der Waals surface area contributed by atoms with Crippen molar-refractivity contribution < 1.29 is 14.3 Å². The maximum atomic E-state index is 11.8. The van der Waals surface area contributed by atoms with Crippen LogP contribution in [0.3, 0.4) is 0 Å². The zero-order valence-electron chi connectivity index (χ0n) is 10.6. The van der Waals surface area contributed by atoms with Crippen molar-refractivity contribution in [2.24, 2.45) is 5.92 Å². The van der Waals surface area contributed by atoms with Gasteiger partial charge in [-0.3, -0.25) is 0 Å². The Hall–Kier alpha value is -1.71. The van der Waals surface area contributed by atoms with E-state index >= 15 is 0 Å². The SMILES string of the molecule is CCOC(=O)c1cc(N)ccc1OCCC1CC1. The molecule has 0 spiro atoms. The summed E-state index contributed by atoms with van der Waals surface area (Å²) >= 11 is 0. The number of benzene rings is 1. The Balaban J connectivity index is 2.03. The number of hydrogen-bond acceptors (Lipinski definition) is 4. The molecule has 0 amide bonds. The summed E-state index contributed by atoms with van der Waals surface area (Å²) in [6, 6.07) is 5.06. The van der Waals surface area contributed by atoms with E-state index in [1.165, 1.54) is 12.8 Å². The molecule has 1 aromatic rings. The van der Waals surface area contributed by atoms with Gasteiger partial charge < -0.3 is 15.2 Å². The lowest BCUT2D eigenvalue weighted by Gasteiger charge is -2.11. The van der Waals surface area contributed by atoms with Crippen LogP contribution in [-0.2, 0) is 4.74 Å². The summed E-state index contributed by atoms with van der Waals surface area (Å²) in [5.41, 5.74) is 6.63. The van der Waals surface area contributed by atoms with Gasteiger partial charge in [0.05, 0.1) is 13.2 Å². The minimum atomic E-state index is -0.383. The molecule has 0 heterocycles. The van der Waals surface area contributed by atoms with Gasteiger partial charge in [-0.15, -0.1) is 0 Å². The second kappa shape index (κ2) is 5.76. The van der Waals surface area contributed by atoms with E-state index in [4.69, 9.17) is 15.2 Å². The van der Waals surface area contributed by atoms with Gasteiger partial charge >= 0.3 is 5.97 Å². The average molecular weight is 249 g/mol. The number of hydrogen-bond donors (Lipinski definition) is 1. The van der Waals surface area contributed by atoms with Crippen LogP contribution in [0.4, 0.5) is 5.69 Å². The Morgan fingerprint density at radius 3 is 2.89 bits per heavy atom. The Morgan fingerprint density at radius 1 is 1.44 bits per heavy atom. The van der Waals surface area contributed by atoms with Crippen molar-refractivity contribution in [3.63, 3.8) is 0 Å². The van der Waals surface area contributed by atoms with Gasteiger partial charge in [-0.05, 0) is 37.5 Å². The molecular formula is C14H19NO3. The minimum absolute atomic E-state index is 0.342. The van der Waals surface area contributed by atoms with E-state index in [-0.39, 0.29) is 5.97 Å². The highest BCUT2D eigenvalue weighted by Crippen LogP contribution is 2.32. The van der Waals surface area contributed by atoms with Crippen LogP contribution in [0.15, 0.2) is 18.2 Å². The van der Waals surface area contributed by atoms with Gasteiger partial charge in [0, 0.05) is 5.69 Å². The first-order valence-electron chi connectivity index (χ1n) is 6.40. The molecule has 0 atom stereocenters. The van der Waals surface area contributed by atoms with E-state index in [1.807, 2.05) is 0 Å². The van der Waals surface area contributed by atoms with Crippen LogP contribution in [0.1, 0.15) is 36.5 Å². The van der Waals surface area contributed by atoms with Crippen LogP contribution in [0.25, 0.3) is 0 Å². The number of rotatable bonds is 6. The molecule has 1 aromatic carbocycles. The van der Waals surface area contributed by atoms with E-state index in [2.05, 4.69) is 0 Å². The normalized spacial score (nSPS) is 14.3. The van der Waals surface area contributed by atoms with Crippen LogP contribution in [-0.4, -0.2) is 19.2 Å². The van der Waals surface area contributed by atoms with Crippen molar-refractivity contribution >= 4 is 11.7 Å². The maximum absolute atomic E-state index is 11.8. The van der Waals surface area contributed by atoms with Crippen LogP contribution < -0.4 is 10.5 Å². The highest BCUT2D eigenvalue weighted by molar-refractivity contribution is 5.93. The second-order valence-corrected chi connectivity index (χ2v) is 4.56. The monoisotopic (exact) mass is 249 g/mol. The summed E-state index contributed by atoms with van der Waals surface area (Å²) in [6.07, 6.45) is 3.65. The first-order chi connectivity index (χ1) is 8.70. The Labute approximate surface area is 107 Å². The molecule has 0 radical (unpaired) electrons. The van der Waals surface area contributed by atoms with E-state index in [9.17, 15) is 4.79 Å². The third-order valence-corrected chi connectivity index (χ3v) is 2.98. The number of esters is 1. The van der Waals surface area contributed by atoms with E-state index in [0.29, 0.717) is 30.2 Å². The molecule has 2 rings (SSSR count). The van der Waals surface area contributed by atoms with Gasteiger partial charge in [0.1, 0.15) is 11.3 Å². The number of nitrogens with two attached hydrogens (primary N) is 1. The lowest BCUT2D eigenvalue weighted by molar-refractivity contribution is 0.0521. The lowest BCUT2D eigenvalue weighted by Crippen LogP contribution is -2.09. The molecule has 0 bridgehead atoms. The molecular weight excluding hydrogens is 230 g/mol. The third-order valence-electron chi connectivity index (χ3n) is 2.98. The fraction of sp³-hybridized carbons (Fsp3) is 0.500. The topological polar surface area (TPSA) is 61.5 Å². The van der Waals surface area contributed by atoms with Crippen LogP contribution in [0, 0.1) is 5.92 Å². The standard InChI is InChI=1S/C14H19NO3/c1-2-17-14(16)12-9-11(15)5-6-13(12)18-8-7-10-3-4-10/h5-6,9-10H,2-4,7-8,15H2,1H3. The van der Waals surface area contributed by atoms with Crippen molar-refractivity contribution in [1.29, 1.82) is 0 Å². The van der Waals surface area contributed by atoms with Gasteiger partial charge in [0.25, 0.3) is 0 Å². The Kier molecular flexibility index (Phi) is 4.07. The summed E-state index contributed by atoms with van der Waals surface area (Å²) < 4.78 is 10.6. The largest absolute Gasteiger partial charge is 0.493 e. The summed E-state index contributed by atoms with van der Waals surface area (Å²) in [6.45, 7) is 2.76. The van der Waals surface area contributed by atoms with Gasteiger partial charge in [0.2, 0.25) is 0 Å².